The minimum atomic E-state index is 0.252. The van der Waals surface area contributed by atoms with Crippen molar-refractivity contribution in [2.75, 3.05) is 59.9 Å². The fourth-order valence-corrected chi connectivity index (χ4v) is 5.21. The van der Waals surface area contributed by atoms with Gasteiger partial charge < -0.3 is 15.1 Å². The van der Waals surface area contributed by atoms with Gasteiger partial charge >= 0.3 is 0 Å². The summed E-state index contributed by atoms with van der Waals surface area (Å²) in [6, 6.07) is 4.37. The normalized spacial score (nSPS) is 21.6. The van der Waals surface area contributed by atoms with E-state index in [2.05, 4.69) is 58.5 Å². The molecule has 5 nitrogen and oxygen atoms in total. The van der Waals surface area contributed by atoms with Crippen molar-refractivity contribution in [2.24, 2.45) is 4.99 Å². The number of hydrogen-bond donors (Lipinski definition) is 1. The van der Waals surface area contributed by atoms with E-state index in [1.54, 1.807) is 0 Å². The lowest BCUT2D eigenvalue weighted by Crippen LogP contribution is -2.58. The van der Waals surface area contributed by atoms with E-state index in [9.17, 15) is 0 Å². The summed E-state index contributed by atoms with van der Waals surface area (Å²) >= 11 is 1.85. The summed E-state index contributed by atoms with van der Waals surface area (Å²) in [6.07, 6.45) is 7.66. The smallest absolute Gasteiger partial charge is 0.193 e. The molecule has 6 heteroatoms. The molecule has 0 spiro atoms. The second-order valence-corrected chi connectivity index (χ2v) is 9.53. The van der Waals surface area contributed by atoms with Crippen LogP contribution in [0.4, 0.5) is 0 Å². The van der Waals surface area contributed by atoms with E-state index in [0.29, 0.717) is 0 Å². The summed E-state index contributed by atoms with van der Waals surface area (Å²) in [5.41, 5.74) is 0.252. The molecule has 1 N–H and O–H groups in total. The highest BCUT2D eigenvalue weighted by atomic mass is 32.1. The Labute approximate surface area is 175 Å². The third-order valence-electron chi connectivity index (χ3n) is 6.44. The number of likely N-dealkylation sites (N-methyl/N-ethyl adjacent to an activating group) is 1. The topological polar surface area (TPSA) is 34.1 Å². The Kier molecular flexibility index (Phi) is 8.18. The first-order valence-corrected chi connectivity index (χ1v) is 12.0. The van der Waals surface area contributed by atoms with E-state index in [0.717, 1.165) is 32.0 Å². The van der Waals surface area contributed by atoms with Crippen LogP contribution in [0.2, 0.25) is 0 Å². The Morgan fingerprint density at radius 1 is 1.21 bits per heavy atom. The molecule has 1 aromatic heterocycles. The largest absolute Gasteiger partial charge is 0.357 e. The van der Waals surface area contributed by atoms with Crippen LogP contribution in [0.15, 0.2) is 22.5 Å². The summed E-state index contributed by atoms with van der Waals surface area (Å²) in [5.74, 6) is 1.06. The third-order valence-corrected chi connectivity index (χ3v) is 7.37. The molecule has 0 radical (unpaired) electrons. The second-order valence-electron chi connectivity index (χ2n) is 8.50. The van der Waals surface area contributed by atoms with Crippen LogP contribution in [-0.2, 0) is 6.42 Å². The van der Waals surface area contributed by atoms with Crippen LogP contribution in [0.5, 0.6) is 0 Å². The Balaban J connectivity index is 1.68. The van der Waals surface area contributed by atoms with E-state index in [-0.39, 0.29) is 5.54 Å². The van der Waals surface area contributed by atoms with Gasteiger partial charge in [-0.2, -0.15) is 0 Å². The first-order chi connectivity index (χ1) is 13.6. The number of nitrogens with zero attached hydrogens (tertiary/aromatic N) is 4. The number of nitrogens with one attached hydrogen (secondary N) is 1. The molecule has 1 aromatic rings. The zero-order valence-electron chi connectivity index (χ0n) is 18.1. The summed E-state index contributed by atoms with van der Waals surface area (Å²) in [5, 5.41) is 5.70. The van der Waals surface area contributed by atoms with Gasteiger partial charge in [0, 0.05) is 30.6 Å². The lowest BCUT2D eigenvalue weighted by Gasteiger charge is -2.49. The maximum absolute atomic E-state index is 5.18. The van der Waals surface area contributed by atoms with Gasteiger partial charge in [-0.25, -0.2) is 0 Å². The number of hydrogen-bond acceptors (Lipinski definition) is 4. The van der Waals surface area contributed by atoms with Crippen molar-refractivity contribution < 1.29 is 0 Å². The number of likely N-dealkylation sites (tertiary alicyclic amines) is 2. The second kappa shape index (κ2) is 10.6. The molecule has 3 rings (SSSR count). The Morgan fingerprint density at radius 3 is 2.61 bits per heavy atom. The van der Waals surface area contributed by atoms with Crippen molar-refractivity contribution in [3.8, 4) is 0 Å². The van der Waals surface area contributed by atoms with Crippen LogP contribution in [0, 0.1) is 0 Å². The van der Waals surface area contributed by atoms with Crippen LogP contribution in [0.3, 0.4) is 0 Å². The van der Waals surface area contributed by atoms with Crippen molar-refractivity contribution in [1.29, 1.82) is 0 Å². The third kappa shape index (κ3) is 5.71. The highest BCUT2D eigenvalue weighted by molar-refractivity contribution is 7.09. The molecule has 0 unspecified atom stereocenters. The average molecular weight is 406 g/mol. The van der Waals surface area contributed by atoms with E-state index < -0.39 is 0 Å². The summed E-state index contributed by atoms with van der Waals surface area (Å²) in [4.78, 5) is 14.2. The SMILES string of the molecule is CCNC(=NCC1(N2CCCCC2)CCN(C)CC1)N(C)CCc1cccs1. The Morgan fingerprint density at radius 2 is 1.96 bits per heavy atom. The summed E-state index contributed by atoms with van der Waals surface area (Å²) < 4.78 is 0. The van der Waals surface area contributed by atoms with Crippen LogP contribution in [0.25, 0.3) is 0 Å². The minimum Gasteiger partial charge on any atom is -0.357 e. The molecule has 0 atom stereocenters. The van der Waals surface area contributed by atoms with Crippen LogP contribution >= 0.6 is 11.3 Å². The Hall–Kier alpha value is -1.11. The van der Waals surface area contributed by atoms with Crippen molar-refractivity contribution in [3.05, 3.63) is 22.4 Å². The van der Waals surface area contributed by atoms with Crippen LogP contribution < -0.4 is 5.32 Å². The van der Waals surface area contributed by atoms with Gasteiger partial charge in [-0.3, -0.25) is 9.89 Å². The van der Waals surface area contributed by atoms with Gasteiger partial charge in [-0.1, -0.05) is 12.5 Å². The van der Waals surface area contributed by atoms with Gasteiger partial charge in [-0.15, -0.1) is 11.3 Å². The molecule has 2 saturated heterocycles. The van der Waals surface area contributed by atoms with Gasteiger partial charge in [0.1, 0.15) is 0 Å². The van der Waals surface area contributed by atoms with Gasteiger partial charge in [0.05, 0.1) is 6.54 Å². The first kappa shape index (κ1) is 21.6. The number of thiophene rings is 1. The van der Waals surface area contributed by atoms with E-state index >= 15 is 0 Å². The molecule has 3 heterocycles. The highest BCUT2D eigenvalue weighted by Crippen LogP contribution is 2.31. The van der Waals surface area contributed by atoms with Crippen LogP contribution in [-0.4, -0.2) is 86.1 Å². The minimum absolute atomic E-state index is 0.252. The van der Waals surface area contributed by atoms with Crippen molar-refractivity contribution >= 4 is 17.3 Å². The quantitative estimate of drug-likeness (QED) is 0.558. The molecule has 0 amide bonds. The molecular weight excluding hydrogens is 366 g/mol. The van der Waals surface area contributed by atoms with Gasteiger partial charge in [0.15, 0.2) is 5.96 Å². The van der Waals surface area contributed by atoms with Crippen molar-refractivity contribution in [1.82, 2.24) is 20.0 Å². The maximum Gasteiger partial charge on any atom is 0.193 e. The molecule has 0 aliphatic carbocycles. The average Bonchev–Trinajstić information content (AvgIpc) is 3.25. The summed E-state index contributed by atoms with van der Waals surface area (Å²) in [7, 11) is 4.43. The fourth-order valence-electron chi connectivity index (χ4n) is 4.51. The molecular formula is C22H39N5S. The molecule has 158 valence electrons. The molecule has 2 aliphatic rings. The van der Waals surface area contributed by atoms with Crippen LogP contribution in [0.1, 0.15) is 43.9 Å². The van der Waals surface area contributed by atoms with Gasteiger partial charge in [-0.05, 0) is 83.7 Å². The van der Waals surface area contributed by atoms with Gasteiger partial charge in [0.25, 0.3) is 0 Å². The van der Waals surface area contributed by atoms with E-state index in [1.165, 1.54) is 63.2 Å². The number of piperidine rings is 2. The summed E-state index contributed by atoms with van der Waals surface area (Å²) in [6.45, 7) is 9.90. The molecule has 0 aromatic carbocycles. The van der Waals surface area contributed by atoms with Crippen molar-refractivity contribution in [2.45, 2.75) is 51.0 Å². The number of aliphatic imine (C=N–C) groups is 1. The van der Waals surface area contributed by atoms with Crippen molar-refractivity contribution in [3.63, 3.8) is 0 Å². The first-order valence-electron chi connectivity index (χ1n) is 11.1. The van der Waals surface area contributed by atoms with E-state index in [4.69, 9.17) is 4.99 Å². The maximum atomic E-state index is 5.18. The zero-order chi connectivity index (χ0) is 19.8. The van der Waals surface area contributed by atoms with E-state index in [1.807, 2.05) is 11.3 Å². The Bertz CT molecular complexity index is 586. The standard InChI is InChI=1S/C22H39N5S/c1-4-23-21(26(3)15-10-20-9-8-18-28-20)24-19-22(11-16-25(2)17-12-22)27-13-6-5-7-14-27/h8-9,18H,4-7,10-17,19H2,1-3H3,(H,23,24). The molecule has 2 aliphatic heterocycles. The molecule has 0 bridgehead atoms. The molecule has 0 saturated carbocycles. The number of rotatable bonds is 7. The van der Waals surface area contributed by atoms with Gasteiger partial charge in [0.2, 0.25) is 0 Å². The molecule has 28 heavy (non-hydrogen) atoms. The molecule has 2 fully saturated rings. The lowest BCUT2D eigenvalue weighted by atomic mass is 9.84. The highest BCUT2D eigenvalue weighted by Gasteiger charge is 2.39. The number of guanidine groups is 1. The monoisotopic (exact) mass is 405 g/mol. The predicted octanol–water partition coefficient (Wildman–Crippen LogP) is 3.14. The predicted molar refractivity (Wildman–Crippen MR) is 122 cm³/mol. The zero-order valence-corrected chi connectivity index (χ0v) is 18.9. The fraction of sp³-hybridized carbons (Fsp3) is 0.773. The lowest BCUT2D eigenvalue weighted by molar-refractivity contribution is 0.0207.